The standard InChI is InChI=1S/C27H25N3O4S/c1-19-7-9-20(10-8-19)17-29-27(31)22-11-12-24-23(16-22)18-30(14-15-34-24)35(32,33)25-6-2-4-21-5-3-13-28-26(21)25/h2-13,16H,14-15,17-18H2,1H3,(H,29,31). The molecule has 3 aromatic carbocycles. The van der Waals surface area contributed by atoms with Gasteiger partial charge in [0, 0.05) is 42.3 Å². The summed E-state index contributed by atoms with van der Waals surface area (Å²) >= 11 is 0. The molecule has 0 unspecified atom stereocenters. The number of hydrogen-bond acceptors (Lipinski definition) is 5. The van der Waals surface area contributed by atoms with E-state index in [1.807, 2.05) is 43.3 Å². The number of para-hydroxylation sites is 1. The van der Waals surface area contributed by atoms with E-state index in [4.69, 9.17) is 4.74 Å². The summed E-state index contributed by atoms with van der Waals surface area (Å²) in [5, 5.41) is 3.68. The monoisotopic (exact) mass is 487 g/mol. The molecule has 35 heavy (non-hydrogen) atoms. The zero-order valence-electron chi connectivity index (χ0n) is 19.3. The summed E-state index contributed by atoms with van der Waals surface area (Å²) in [4.78, 5) is 17.3. The maximum atomic E-state index is 13.6. The van der Waals surface area contributed by atoms with Crippen molar-refractivity contribution in [3.05, 3.63) is 101 Å². The van der Waals surface area contributed by atoms with E-state index in [1.54, 1.807) is 42.6 Å². The topological polar surface area (TPSA) is 88.6 Å². The van der Waals surface area contributed by atoms with Gasteiger partial charge in [-0.3, -0.25) is 9.78 Å². The summed E-state index contributed by atoms with van der Waals surface area (Å²) in [5.41, 5.74) is 3.69. The third kappa shape index (κ3) is 4.76. The number of aryl methyl sites for hydroxylation is 1. The Morgan fingerprint density at radius 1 is 1.06 bits per heavy atom. The maximum absolute atomic E-state index is 13.6. The summed E-state index contributed by atoms with van der Waals surface area (Å²) in [6.45, 7) is 2.92. The fourth-order valence-corrected chi connectivity index (χ4v) is 5.70. The van der Waals surface area contributed by atoms with Crippen LogP contribution < -0.4 is 10.1 Å². The largest absolute Gasteiger partial charge is 0.492 e. The minimum atomic E-state index is -3.85. The molecule has 1 amide bonds. The molecule has 178 valence electrons. The molecule has 4 aromatic rings. The van der Waals surface area contributed by atoms with Crippen LogP contribution in [0.4, 0.5) is 0 Å². The van der Waals surface area contributed by atoms with E-state index in [-0.39, 0.29) is 30.5 Å². The van der Waals surface area contributed by atoms with Crippen molar-refractivity contribution >= 4 is 26.8 Å². The first-order valence-corrected chi connectivity index (χ1v) is 12.8. The van der Waals surface area contributed by atoms with Crippen LogP contribution in [-0.2, 0) is 23.1 Å². The van der Waals surface area contributed by atoms with Gasteiger partial charge in [-0.05, 0) is 42.8 Å². The number of fused-ring (bicyclic) bond motifs is 2. The minimum absolute atomic E-state index is 0.0972. The first-order valence-electron chi connectivity index (χ1n) is 11.4. The normalized spacial score (nSPS) is 14.1. The van der Waals surface area contributed by atoms with E-state index in [1.165, 1.54) is 4.31 Å². The highest BCUT2D eigenvalue weighted by Crippen LogP contribution is 2.30. The highest BCUT2D eigenvalue weighted by molar-refractivity contribution is 7.89. The van der Waals surface area contributed by atoms with Crippen LogP contribution in [0.3, 0.4) is 0 Å². The molecule has 0 aliphatic carbocycles. The minimum Gasteiger partial charge on any atom is -0.492 e. The first kappa shape index (κ1) is 23.0. The molecule has 8 heteroatoms. The molecule has 1 N–H and O–H groups in total. The molecule has 1 aliphatic rings. The number of rotatable bonds is 5. The van der Waals surface area contributed by atoms with Crippen LogP contribution in [0.25, 0.3) is 10.9 Å². The number of benzene rings is 3. The smallest absolute Gasteiger partial charge is 0.251 e. The van der Waals surface area contributed by atoms with Crippen LogP contribution >= 0.6 is 0 Å². The number of aromatic nitrogens is 1. The number of pyridine rings is 1. The number of nitrogens with one attached hydrogen (secondary N) is 1. The van der Waals surface area contributed by atoms with E-state index in [2.05, 4.69) is 10.3 Å². The van der Waals surface area contributed by atoms with Crippen molar-refractivity contribution in [2.45, 2.75) is 24.9 Å². The van der Waals surface area contributed by atoms with Gasteiger partial charge in [0.1, 0.15) is 17.3 Å². The van der Waals surface area contributed by atoms with Gasteiger partial charge >= 0.3 is 0 Å². The van der Waals surface area contributed by atoms with Crippen molar-refractivity contribution in [2.75, 3.05) is 13.2 Å². The zero-order chi connectivity index (χ0) is 24.4. The molecule has 0 atom stereocenters. The number of carbonyl (C=O) groups excluding carboxylic acids is 1. The fourth-order valence-electron chi connectivity index (χ4n) is 4.13. The van der Waals surface area contributed by atoms with Crippen LogP contribution in [0.2, 0.25) is 0 Å². The van der Waals surface area contributed by atoms with Crippen molar-refractivity contribution in [3.8, 4) is 5.75 Å². The molecule has 1 aromatic heterocycles. The molecule has 0 bridgehead atoms. The SMILES string of the molecule is Cc1ccc(CNC(=O)c2ccc3c(c2)CN(S(=O)(=O)c2cccc4cccnc24)CCO3)cc1. The van der Waals surface area contributed by atoms with Gasteiger partial charge in [0.05, 0.1) is 5.52 Å². The lowest BCUT2D eigenvalue weighted by atomic mass is 10.1. The second-order valence-electron chi connectivity index (χ2n) is 8.51. The number of hydrogen-bond donors (Lipinski definition) is 1. The quantitative estimate of drug-likeness (QED) is 0.459. The van der Waals surface area contributed by atoms with Crippen molar-refractivity contribution < 1.29 is 17.9 Å². The van der Waals surface area contributed by atoms with Crippen LogP contribution in [-0.4, -0.2) is 36.8 Å². The lowest BCUT2D eigenvalue weighted by molar-refractivity contribution is 0.0950. The Hall–Kier alpha value is -3.75. The average Bonchev–Trinajstić information content (AvgIpc) is 3.10. The van der Waals surface area contributed by atoms with Crippen LogP contribution in [0.5, 0.6) is 5.75 Å². The van der Waals surface area contributed by atoms with Gasteiger partial charge in [-0.15, -0.1) is 0 Å². The lowest BCUT2D eigenvalue weighted by Gasteiger charge is -2.20. The highest BCUT2D eigenvalue weighted by Gasteiger charge is 2.30. The molecule has 1 aliphatic heterocycles. The van der Waals surface area contributed by atoms with E-state index in [9.17, 15) is 13.2 Å². The number of amides is 1. The molecular formula is C27H25N3O4S. The maximum Gasteiger partial charge on any atom is 0.251 e. The van der Waals surface area contributed by atoms with Gasteiger partial charge in [-0.25, -0.2) is 8.42 Å². The Morgan fingerprint density at radius 2 is 1.86 bits per heavy atom. The lowest BCUT2D eigenvalue weighted by Crippen LogP contribution is -2.32. The van der Waals surface area contributed by atoms with E-state index in [0.29, 0.717) is 28.9 Å². The first-order chi connectivity index (χ1) is 16.9. The summed E-state index contributed by atoms with van der Waals surface area (Å²) in [6.07, 6.45) is 1.59. The molecule has 0 radical (unpaired) electrons. The Kier molecular flexibility index (Phi) is 6.23. The van der Waals surface area contributed by atoms with Crippen LogP contribution in [0.1, 0.15) is 27.0 Å². The van der Waals surface area contributed by atoms with Crippen LogP contribution in [0, 0.1) is 6.92 Å². The molecule has 7 nitrogen and oxygen atoms in total. The summed E-state index contributed by atoms with van der Waals surface area (Å²) < 4.78 is 34.4. The van der Waals surface area contributed by atoms with Gasteiger partial charge in [-0.2, -0.15) is 4.31 Å². The fraction of sp³-hybridized carbons (Fsp3) is 0.185. The van der Waals surface area contributed by atoms with Gasteiger partial charge in [0.25, 0.3) is 5.91 Å². The molecule has 2 heterocycles. The van der Waals surface area contributed by atoms with Gasteiger partial charge < -0.3 is 10.1 Å². The van der Waals surface area contributed by atoms with E-state index < -0.39 is 10.0 Å². The van der Waals surface area contributed by atoms with Gasteiger partial charge in [0.15, 0.2) is 0 Å². The number of nitrogens with zero attached hydrogens (tertiary/aromatic N) is 2. The average molecular weight is 488 g/mol. The summed E-state index contributed by atoms with van der Waals surface area (Å²) in [5.74, 6) is 0.346. The summed E-state index contributed by atoms with van der Waals surface area (Å²) in [6, 6.07) is 21.8. The zero-order valence-corrected chi connectivity index (χ0v) is 20.1. The predicted octanol–water partition coefficient (Wildman–Crippen LogP) is 4.06. The highest BCUT2D eigenvalue weighted by atomic mass is 32.2. The third-order valence-corrected chi connectivity index (χ3v) is 7.93. The number of ether oxygens (including phenoxy) is 1. The molecule has 0 fully saturated rings. The second-order valence-corrected chi connectivity index (χ2v) is 10.4. The Balaban J connectivity index is 1.39. The van der Waals surface area contributed by atoms with E-state index in [0.717, 1.165) is 16.5 Å². The second kappa shape index (κ2) is 9.48. The predicted molar refractivity (Wildman–Crippen MR) is 134 cm³/mol. The van der Waals surface area contributed by atoms with E-state index >= 15 is 0 Å². The molecular weight excluding hydrogens is 462 g/mol. The third-order valence-electron chi connectivity index (χ3n) is 6.05. The van der Waals surface area contributed by atoms with Crippen molar-refractivity contribution in [1.29, 1.82) is 0 Å². The Labute approximate surface area is 204 Å². The molecule has 0 spiro atoms. The van der Waals surface area contributed by atoms with Crippen molar-refractivity contribution in [1.82, 2.24) is 14.6 Å². The molecule has 0 saturated heterocycles. The van der Waals surface area contributed by atoms with Gasteiger partial charge in [0.2, 0.25) is 10.0 Å². The van der Waals surface area contributed by atoms with Crippen molar-refractivity contribution in [3.63, 3.8) is 0 Å². The number of sulfonamides is 1. The molecule has 5 rings (SSSR count). The van der Waals surface area contributed by atoms with Crippen molar-refractivity contribution in [2.24, 2.45) is 0 Å². The number of carbonyl (C=O) groups is 1. The Morgan fingerprint density at radius 3 is 2.69 bits per heavy atom. The molecule has 0 saturated carbocycles. The summed E-state index contributed by atoms with van der Waals surface area (Å²) in [7, 11) is -3.85. The van der Waals surface area contributed by atoms with Gasteiger partial charge in [-0.1, -0.05) is 48.0 Å². The Bertz CT molecular complexity index is 1500. The van der Waals surface area contributed by atoms with Crippen LogP contribution in [0.15, 0.2) is 83.9 Å².